The summed E-state index contributed by atoms with van der Waals surface area (Å²) in [5.41, 5.74) is 0. The summed E-state index contributed by atoms with van der Waals surface area (Å²) >= 11 is 0. The van der Waals surface area contributed by atoms with Crippen LogP contribution in [0.25, 0.3) is 0 Å². The molecule has 0 aromatic carbocycles. The van der Waals surface area contributed by atoms with E-state index >= 15 is 0 Å². The van der Waals surface area contributed by atoms with Crippen molar-refractivity contribution in [3.8, 4) is 0 Å². The molecule has 0 atom stereocenters. The van der Waals surface area contributed by atoms with Crippen molar-refractivity contribution in [3.63, 3.8) is 0 Å². The molecule has 0 fully saturated rings. The van der Waals surface area contributed by atoms with E-state index in [-0.39, 0.29) is 0 Å². The monoisotopic (exact) mass is 137 g/mol. The van der Waals surface area contributed by atoms with Crippen molar-refractivity contribution in [1.82, 2.24) is 5.32 Å². The van der Waals surface area contributed by atoms with Crippen LogP contribution in [-0.2, 0) is 0 Å². The molecule has 10 heavy (non-hydrogen) atoms. The van der Waals surface area contributed by atoms with Gasteiger partial charge in [0.25, 0.3) is 0 Å². The third-order valence-corrected chi connectivity index (χ3v) is 1.18. The largest absolute Gasteiger partial charge is 0.371 e. The summed E-state index contributed by atoms with van der Waals surface area (Å²) in [5, 5.41) is 3.11. The lowest BCUT2D eigenvalue weighted by Crippen LogP contribution is -2.20. The molecular formula is C7H11N3. The highest BCUT2D eigenvalue weighted by Crippen LogP contribution is 1.79. The van der Waals surface area contributed by atoms with E-state index in [1.54, 1.807) is 12.4 Å². The Labute approximate surface area is 60.6 Å². The van der Waals surface area contributed by atoms with Gasteiger partial charge in [0.2, 0.25) is 0 Å². The van der Waals surface area contributed by atoms with Gasteiger partial charge < -0.3 is 5.32 Å². The fourth-order valence-electron chi connectivity index (χ4n) is 0.662. The van der Waals surface area contributed by atoms with Crippen molar-refractivity contribution in [3.05, 3.63) is 12.3 Å². The first-order valence-electron chi connectivity index (χ1n) is 3.31. The second-order valence-electron chi connectivity index (χ2n) is 2.02. The van der Waals surface area contributed by atoms with Crippen LogP contribution in [0.2, 0.25) is 0 Å². The lowest BCUT2D eigenvalue weighted by atomic mass is 10.5. The maximum Gasteiger partial charge on any atom is 0.0938 e. The summed E-state index contributed by atoms with van der Waals surface area (Å²) in [6, 6.07) is 0. The third-order valence-electron chi connectivity index (χ3n) is 1.18. The van der Waals surface area contributed by atoms with Gasteiger partial charge in [-0.3, -0.25) is 9.98 Å². The average molecular weight is 137 g/mol. The van der Waals surface area contributed by atoms with Crippen LogP contribution in [0, 0.1) is 0 Å². The van der Waals surface area contributed by atoms with Gasteiger partial charge in [-0.05, 0) is 13.0 Å². The zero-order valence-corrected chi connectivity index (χ0v) is 6.04. The van der Waals surface area contributed by atoms with E-state index in [9.17, 15) is 0 Å². The Morgan fingerprint density at radius 3 is 3.40 bits per heavy atom. The molecule has 3 heteroatoms. The van der Waals surface area contributed by atoms with Crippen LogP contribution in [0.5, 0.6) is 0 Å². The molecule has 0 aromatic rings. The Balaban J connectivity index is 2.54. The zero-order valence-electron chi connectivity index (χ0n) is 6.04. The Morgan fingerprint density at radius 1 is 1.60 bits per heavy atom. The van der Waals surface area contributed by atoms with Crippen LogP contribution in [0.4, 0.5) is 0 Å². The average Bonchev–Trinajstić information content (AvgIpc) is 2.02. The molecule has 1 heterocycles. The Hall–Kier alpha value is -1.12. The van der Waals surface area contributed by atoms with Gasteiger partial charge in [0, 0.05) is 19.0 Å². The highest BCUT2D eigenvalue weighted by molar-refractivity contribution is 5.81. The lowest BCUT2D eigenvalue weighted by molar-refractivity contribution is 1.02. The van der Waals surface area contributed by atoms with Gasteiger partial charge >= 0.3 is 0 Å². The summed E-state index contributed by atoms with van der Waals surface area (Å²) in [5.74, 6) is 0.970. The number of nitrogens with one attached hydrogen (secondary N) is 1. The first-order valence-corrected chi connectivity index (χ1v) is 3.31. The fourth-order valence-corrected chi connectivity index (χ4v) is 0.662. The van der Waals surface area contributed by atoms with Crippen LogP contribution < -0.4 is 5.32 Å². The van der Waals surface area contributed by atoms with Gasteiger partial charge in [-0.25, -0.2) is 0 Å². The van der Waals surface area contributed by atoms with Gasteiger partial charge in [0.1, 0.15) is 0 Å². The number of hydrogen-bond acceptors (Lipinski definition) is 3. The van der Waals surface area contributed by atoms with E-state index in [1.807, 2.05) is 13.0 Å². The number of hydrogen-bond donors (Lipinski definition) is 1. The Morgan fingerprint density at radius 2 is 2.50 bits per heavy atom. The molecule has 0 saturated heterocycles. The molecule has 1 rings (SSSR count). The SMILES string of the molecule is C/C1=N/C/C=N\C=C/CN1. The minimum absolute atomic E-state index is 0.670. The second kappa shape index (κ2) is 3.82. The maximum absolute atomic E-state index is 4.16. The predicted octanol–water partition coefficient (Wildman–Crippen LogP) is 0.593. The first-order chi connectivity index (χ1) is 4.89. The van der Waals surface area contributed by atoms with Crippen LogP contribution in [0.1, 0.15) is 6.92 Å². The van der Waals surface area contributed by atoms with E-state index in [0.717, 1.165) is 12.4 Å². The number of aliphatic imine (C=N–C) groups is 2. The molecule has 1 aliphatic heterocycles. The van der Waals surface area contributed by atoms with Crippen LogP contribution >= 0.6 is 0 Å². The Kier molecular flexibility index (Phi) is 2.67. The van der Waals surface area contributed by atoms with E-state index in [2.05, 4.69) is 15.3 Å². The summed E-state index contributed by atoms with van der Waals surface area (Å²) in [6.07, 6.45) is 5.52. The van der Waals surface area contributed by atoms with Crippen molar-refractivity contribution in [2.24, 2.45) is 9.98 Å². The topological polar surface area (TPSA) is 36.8 Å². The van der Waals surface area contributed by atoms with Gasteiger partial charge in [-0.1, -0.05) is 0 Å². The predicted molar refractivity (Wildman–Crippen MR) is 43.6 cm³/mol. The molecule has 0 spiro atoms. The molecule has 0 saturated carbocycles. The molecule has 0 amide bonds. The smallest absolute Gasteiger partial charge is 0.0938 e. The fraction of sp³-hybridized carbons (Fsp3) is 0.429. The van der Waals surface area contributed by atoms with Crippen molar-refractivity contribution in [1.29, 1.82) is 0 Å². The zero-order chi connectivity index (χ0) is 7.23. The minimum Gasteiger partial charge on any atom is -0.371 e. The molecule has 0 radical (unpaired) electrons. The van der Waals surface area contributed by atoms with Crippen LogP contribution in [0.3, 0.4) is 0 Å². The minimum atomic E-state index is 0.670. The van der Waals surface area contributed by atoms with E-state index in [0.29, 0.717) is 6.54 Å². The summed E-state index contributed by atoms with van der Waals surface area (Å²) < 4.78 is 0. The molecule has 0 aliphatic carbocycles. The third kappa shape index (κ3) is 2.44. The highest BCUT2D eigenvalue weighted by atomic mass is 15.0. The van der Waals surface area contributed by atoms with Gasteiger partial charge in [0.05, 0.1) is 12.4 Å². The normalized spacial score (nSPS) is 29.9. The van der Waals surface area contributed by atoms with Crippen LogP contribution in [0.15, 0.2) is 22.3 Å². The van der Waals surface area contributed by atoms with E-state index < -0.39 is 0 Å². The molecule has 1 aliphatic rings. The number of amidine groups is 1. The molecule has 0 bridgehead atoms. The van der Waals surface area contributed by atoms with Crippen molar-refractivity contribution in [2.75, 3.05) is 13.1 Å². The summed E-state index contributed by atoms with van der Waals surface area (Å²) in [7, 11) is 0. The molecule has 54 valence electrons. The first kappa shape index (κ1) is 6.99. The maximum atomic E-state index is 4.16. The quantitative estimate of drug-likeness (QED) is 0.521. The van der Waals surface area contributed by atoms with Gasteiger partial charge in [-0.15, -0.1) is 0 Å². The molecule has 3 nitrogen and oxygen atoms in total. The number of nitrogens with zero attached hydrogens (tertiary/aromatic N) is 2. The van der Waals surface area contributed by atoms with Gasteiger partial charge in [0.15, 0.2) is 0 Å². The Bertz CT molecular complexity index is 179. The molecule has 0 unspecified atom stereocenters. The number of rotatable bonds is 0. The van der Waals surface area contributed by atoms with Crippen LogP contribution in [-0.4, -0.2) is 25.1 Å². The highest BCUT2D eigenvalue weighted by Gasteiger charge is 1.85. The second-order valence-corrected chi connectivity index (χ2v) is 2.02. The van der Waals surface area contributed by atoms with Crippen molar-refractivity contribution >= 4 is 12.1 Å². The van der Waals surface area contributed by atoms with Crippen molar-refractivity contribution in [2.45, 2.75) is 6.92 Å². The summed E-state index contributed by atoms with van der Waals surface area (Å²) in [4.78, 5) is 8.13. The van der Waals surface area contributed by atoms with Gasteiger partial charge in [-0.2, -0.15) is 0 Å². The van der Waals surface area contributed by atoms with E-state index in [4.69, 9.17) is 0 Å². The molecule has 0 aromatic heterocycles. The van der Waals surface area contributed by atoms with Crippen molar-refractivity contribution < 1.29 is 0 Å². The standard InChI is InChI=1S/C7H11N3/c1-7-9-4-2-3-8-5-6-10-7/h2-3,5H,4,6H2,1H3,(H,9,10)/b3-2-,8-5-. The molecular weight excluding hydrogens is 126 g/mol. The van der Waals surface area contributed by atoms with E-state index in [1.165, 1.54) is 0 Å². The lowest BCUT2D eigenvalue weighted by Gasteiger charge is -1.98. The molecule has 1 N–H and O–H groups in total. The summed E-state index contributed by atoms with van der Waals surface area (Å²) in [6.45, 7) is 3.43.